The molecule has 1 aliphatic carbocycles. The molecule has 2 bridgehead atoms. The van der Waals surface area contributed by atoms with Crippen LogP contribution in [0.4, 0.5) is 0 Å². The largest absolute Gasteiger partial charge is 0.393 e. The molecule has 12 heavy (non-hydrogen) atoms. The second-order valence-electron chi connectivity index (χ2n) is 3.54. The molecule has 4 atom stereocenters. The summed E-state index contributed by atoms with van der Waals surface area (Å²) in [4.78, 5) is 0. The van der Waals surface area contributed by atoms with E-state index in [1.807, 2.05) is 0 Å². The van der Waals surface area contributed by atoms with Crippen LogP contribution in [0.1, 0.15) is 6.42 Å². The predicted molar refractivity (Wildman–Crippen MR) is 40.2 cm³/mol. The third-order valence-electron chi connectivity index (χ3n) is 2.81. The molecule has 1 saturated carbocycles. The van der Waals surface area contributed by atoms with Gasteiger partial charge < -0.3 is 20.1 Å². The fraction of sp³-hybridized carbons (Fsp3) is 0.750. The van der Waals surface area contributed by atoms with Crippen LogP contribution in [0.25, 0.3) is 0 Å². The van der Waals surface area contributed by atoms with Crippen LogP contribution in [0, 0.1) is 5.92 Å². The summed E-state index contributed by atoms with van der Waals surface area (Å²) in [5, 5.41) is 27.9. The molecule has 0 radical (unpaired) electrons. The number of ether oxygens (including phenoxy) is 1. The Kier molecular flexibility index (Phi) is 1.56. The lowest BCUT2D eigenvalue weighted by Gasteiger charge is -2.27. The Balaban J connectivity index is 2.34. The van der Waals surface area contributed by atoms with Crippen LogP contribution < -0.4 is 0 Å². The van der Waals surface area contributed by atoms with E-state index in [4.69, 9.17) is 9.84 Å². The highest BCUT2D eigenvalue weighted by atomic mass is 16.6. The molecule has 2 fully saturated rings. The summed E-state index contributed by atoms with van der Waals surface area (Å²) in [5.74, 6) is -0.419. The van der Waals surface area contributed by atoms with Crippen LogP contribution in [-0.4, -0.2) is 39.9 Å². The van der Waals surface area contributed by atoms with Gasteiger partial charge in [-0.05, 0) is 0 Å². The van der Waals surface area contributed by atoms with Crippen LogP contribution in [0.15, 0.2) is 12.2 Å². The lowest BCUT2D eigenvalue weighted by Crippen LogP contribution is -2.40. The maximum Gasteiger partial charge on any atom is 0.164 e. The van der Waals surface area contributed by atoms with Gasteiger partial charge in [-0.1, -0.05) is 12.2 Å². The average molecular weight is 172 g/mol. The van der Waals surface area contributed by atoms with Gasteiger partial charge in [0, 0.05) is 6.42 Å². The second-order valence-corrected chi connectivity index (χ2v) is 3.54. The summed E-state index contributed by atoms with van der Waals surface area (Å²) in [6.07, 6.45) is -1.38. The first-order chi connectivity index (χ1) is 5.60. The normalized spacial score (nSPS) is 51.9. The molecular weight excluding hydrogens is 160 g/mol. The minimum absolute atomic E-state index is 0.277. The smallest absolute Gasteiger partial charge is 0.164 e. The quantitative estimate of drug-likeness (QED) is 0.444. The Morgan fingerprint density at radius 2 is 2.25 bits per heavy atom. The third kappa shape index (κ3) is 0.754. The zero-order chi connectivity index (χ0) is 8.93. The second kappa shape index (κ2) is 2.29. The van der Waals surface area contributed by atoms with E-state index in [0.717, 1.165) is 5.57 Å². The molecule has 0 spiro atoms. The minimum atomic E-state index is -1.01. The molecule has 68 valence electrons. The van der Waals surface area contributed by atoms with E-state index in [9.17, 15) is 10.2 Å². The summed E-state index contributed by atoms with van der Waals surface area (Å²) >= 11 is 0. The van der Waals surface area contributed by atoms with Crippen molar-refractivity contribution in [1.82, 2.24) is 0 Å². The molecule has 0 aromatic carbocycles. The Labute approximate surface area is 70.1 Å². The summed E-state index contributed by atoms with van der Waals surface area (Å²) in [6, 6.07) is 0. The zero-order valence-corrected chi connectivity index (χ0v) is 6.60. The average Bonchev–Trinajstić information content (AvgIpc) is 2.37. The summed E-state index contributed by atoms with van der Waals surface area (Å²) in [7, 11) is 0. The fourth-order valence-electron chi connectivity index (χ4n) is 2.13. The lowest BCUT2D eigenvalue weighted by molar-refractivity contribution is -0.177. The van der Waals surface area contributed by atoms with Gasteiger partial charge in [0.15, 0.2) is 6.29 Å². The van der Waals surface area contributed by atoms with Crippen molar-refractivity contribution in [2.45, 2.75) is 24.4 Å². The summed E-state index contributed by atoms with van der Waals surface area (Å²) in [6.45, 7) is 3.44. The third-order valence-corrected chi connectivity index (χ3v) is 2.81. The Bertz CT molecular complexity index is 227. The van der Waals surface area contributed by atoms with Gasteiger partial charge in [-0.2, -0.15) is 0 Å². The molecule has 2 rings (SSSR count). The number of aliphatic hydroxyl groups excluding tert-OH is 3. The standard InChI is InChI=1S/C8H12O4/c1-4-2-8(3-9)6(10)5(4)7(11)12-8/h5-7,9-11H,1-3H2/t5-,6?,7+,8-/m0/s1. The van der Waals surface area contributed by atoms with Crippen molar-refractivity contribution in [3.63, 3.8) is 0 Å². The molecule has 4 nitrogen and oxygen atoms in total. The van der Waals surface area contributed by atoms with E-state index in [1.165, 1.54) is 0 Å². The highest BCUT2D eigenvalue weighted by Gasteiger charge is 2.60. The molecule has 0 aromatic heterocycles. The Hall–Kier alpha value is -0.420. The molecule has 3 N–H and O–H groups in total. The minimum Gasteiger partial charge on any atom is -0.393 e. The van der Waals surface area contributed by atoms with Crippen molar-refractivity contribution in [2.75, 3.05) is 6.61 Å². The van der Waals surface area contributed by atoms with Crippen molar-refractivity contribution >= 4 is 0 Å². The van der Waals surface area contributed by atoms with Crippen LogP contribution in [0.2, 0.25) is 0 Å². The van der Waals surface area contributed by atoms with E-state index in [1.54, 1.807) is 0 Å². The number of fused-ring (bicyclic) bond motifs is 2. The molecule has 1 unspecified atom stereocenters. The van der Waals surface area contributed by atoms with E-state index in [2.05, 4.69) is 6.58 Å². The zero-order valence-electron chi connectivity index (χ0n) is 6.60. The van der Waals surface area contributed by atoms with Crippen molar-refractivity contribution in [1.29, 1.82) is 0 Å². The van der Waals surface area contributed by atoms with Crippen LogP contribution >= 0.6 is 0 Å². The molecule has 1 heterocycles. The number of rotatable bonds is 1. The van der Waals surface area contributed by atoms with Crippen LogP contribution in [0.5, 0.6) is 0 Å². The SMILES string of the molecule is C=C1C[C@@]2(CO)O[C@@H](O)[C@@H]1C2O. The van der Waals surface area contributed by atoms with E-state index >= 15 is 0 Å². The number of aliphatic hydroxyl groups is 3. The topological polar surface area (TPSA) is 69.9 Å². The monoisotopic (exact) mass is 172 g/mol. The number of hydrogen-bond acceptors (Lipinski definition) is 4. The van der Waals surface area contributed by atoms with Crippen molar-refractivity contribution < 1.29 is 20.1 Å². The molecule has 1 aliphatic heterocycles. The van der Waals surface area contributed by atoms with Gasteiger partial charge in [0.05, 0.1) is 18.6 Å². The first-order valence-electron chi connectivity index (χ1n) is 3.93. The van der Waals surface area contributed by atoms with Gasteiger partial charge in [-0.3, -0.25) is 0 Å². The highest BCUT2D eigenvalue weighted by molar-refractivity contribution is 5.24. The molecule has 4 heteroatoms. The van der Waals surface area contributed by atoms with Gasteiger partial charge >= 0.3 is 0 Å². The number of hydrogen-bond donors (Lipinski definition) is 3. The summed E-state index contributed by atoms with van der Waals surface area (Å²) < 4.78 is 5.07. The molecule has 2 aliphatic rings. The first kappa shape index (κ1) is 8.19. The van der Waals surface area contributed by atoms with Crippen molar-refractivity contribution in [3.8, 4) is 0 Å². The first-order valence-corrected chi connectivity index (χ1v) is 3.93. The summed E-state index contributed by atoms with van der Waals surface area (Å²) in [5.41, 5.74) is -0.225. The van der Waals surface area contributed by atoms with Crippen molar-refractivity contribution in [3.05, 3.63) is 12.2 Å². The predicted octanol–water partition coefficient (Wildman–Crippen LogP) is -0.997. The van der Waals surface area contributed by atoms with Crippen LogP contribution in [0.3, 0.4) is 0 Å². The molecule has 0 amide bonds. The molecule has 1 saturated heterocycles. The maximum absolute atomic E-state index is 9.61. The van der Waals surface area contributed by atoms with E-state index < -0.39 is 23.9 Å². The Morgan fingerprint density at radius 3 is 2.58 bits per heavy atom. The van der Waals surface area contributed by atoms with E-state index in [0.29, 0.717) is 6.42 Å². The van der Waals surface area contributed by atoms with E-state index in [-0.39, 0.29) is 6.61 Å². The van der Waals surface area contributed by atoms with Crippen molar-refractivity contribution in [2.24, 2.45) is 5.92 Å². The fourth-order valence-corrected chi connectivity index (χ4v) is 2.13. The highest BCUT2D eigenvalue weighted by Crippen LogP contribution is 2.49. The Morgan fingerprint density at radius 1 is 1.58 bits per heavy atom. The maximum atomic E-state index is 9.61. The van der Waals surface area contributed by atoms with Gasteiger partial charge in [0.1, 0.15) is 5.60 Å². The van der Waals surface area contributed by atoms with Gasteiger partial charge in [0.2, 0.25) is 0 Å². The van der Waals surface area contributed by atoms with Crippen LogP contribution in [-0.2, 0) is 4.74 Å². The van der Waals surface area contributed by atoms with Gasteiger partial charge in [-0.15, -0.1) is 0 Å². The lowest BCUT2D eigenvalue weighted by atomic mass is 10.0. The van der Waals surface area contributed by atoms with Gasteiger partial charge in [0.25, 0.3) is 0 Å². The van der Waals surface area contributed by atoms with Gasteiger partial charge in [-0.25, -0.2) is 0 Å². The molecule has 0 aromatic rings. The molecular formula is C8H12O4.